The van der Waals surface area contributed by atoms with Gasteiger partial charge < -0.3 is 9.64 Å². The van der Waals surface area contributed by atoms with E-state index in [9.17, 15) is 0 Å². The van der Waals surface area contributed by atoms with Gasteiger partial charge in [-0.05, 0) is 57.0 Å². The highest BCUT2D eigenvalue weighted by atomic mass is 16.5. The number of fused-ring (bicyclic) bond motifs is 6. The van der Waals surface area contributed by atoms with Gasteiger partial charge in [-0.25, -0.2) is 0 Å². The number of benzene rings is 4. The van der Waals surface area contributed by atoms with E-state index < -0.39 is 0 Å². The van der Waals surface area contributed by atoms with Crippen LogP contribution in [-0.4, -0.2) is 26.0 Å². The normalized spacial score (nSPS) is 18.5. The van der Waals surface area contributed by atoms with E-state index in [-0.39, 0.29) is 10.8 Å². The number of anilines is 1. The van der Waals surface area contributed by atoms with Crippen molar-refractivity contribution in [1.82, 2.24) is 0 Å². The number of ether oxygens (including phenoxy) is 1. The van der Waals surface area contributed by atoms with Crippen molar-refractivity contribution < 1.29 is 4.74 Å². The van der Waals surface area contributed by atoms with Gasteiger partial charge in [-0.3, -0.25) is 4.99 Å². The Bertz CT molecular complexity index is 1700. The van der Waals surface area contributed by atoms with Crippen molar-refractivity contribution in [3.63, 3.8) is 0 Å². The molecule has 0 unspecified atom stereocenters. The fraction of sp³-hybridized carbons (Fsp3) is 0.250. The lowest BCUT2D eigenvalue weighted by atomic mass is 9.79. The maximum Gasteiger partial charge on any atom is 0.0681 e. The number of nitrogens with zero attached hydrogens (tertiary/aromatic N) is 2. The second-order valence-electron chi connectivity index (χ2n) is 11.5. The molecule has 0 aliphatic carbocycles. The zero-order valence-corrected chi connectivity index (χ0v) is 23.5. The van der Waals surface area contributed by atoms with Crippen molar-refractivity contribution in [2.45, 2.75) is 38.5 Å². The summed E-state index contributed by atoms with van der Waals surface area (Å²) >= 11 is 0. The summed E-state index contributed by atoms with van der Waals surface area (Å²) in [5.41, 5.74) is 7.16. The molecule has 0 bridgehead atoms. The Kier molecular flexibility index (Phi) is 6.28. The SMILES string of the molecule is COCCN1/C(=C/C=C/C=C/C2=Nc3ccc4ccccc4c3C2(C)C)C(C)(C)c2c1ccc1ccccc21. The van der Waals surface area contributed by atoms with Crippen molar-refractivity contribution >= 4 is 38.6 Å². The molecule has 39 heavy (non-hydrogen) atoms. The van der Waals surface area contributed by atoms with Gasteiger partial charge in [0.15, 0.2) is 0 Å². The summed E-state index contributed by atoms with van der Waals surface area (Å²) in [6, 6.07) is 26.1. The van der Waals surface area contributed by atoms with E-state index in [1.54, 1.807) is 7.11 Å². The molecule has 0 saturated carbocycles. The average molecular weight is 513 g/mol. The molecule has 2 aliphatic rings. The monoisotopic (exact) mass is 512 g/mol. The number of allylic oxidation sites excluding steroid dienone is 6. The Hall–Kier alpha value is -3.95. The Morgan fingerprint density at radius 1 is 0.744 bits per heavy atom. The van der Waals surface area contributed by atoms with Gasteiger partial charge in [0.1, 0.15) is 0 Å². The van der Waals surface area contributed by atoms with Crippen LogP contribution in [-0.2, 0) is 15.6 Å². The lowest BCUT2D eigenvalue weighted by molar-refractivity contribution is 0.206. The zero-order chi connectivity index (χ0) is 27.2. The lowest BCUT2D eigenvalue weighted by Crippen LogP contribution is -2.28. The van der Waals surface area contributed by atoms with Crippen molar-refractivity contribution in [3.05, 3.63) is 120 Å². The van der Waals surface area contributed by atoms with E-state index in [2.05, 4.69) is 136 Å². The van der Waals surface area contributed by atoms with Crippen molar-refractivity contribution in [1.29, 1.82) is 0 Å². The maximum atomic E-state index is 5.48. The van der Waals surface area contributed by atoms with Crippen LogP contribution in [0.1, 0.15) is 38.8 Å². The largest absolute Gasteiger partial charge is 0.383 e. The number of hydrogen-bond acceptors (Lipinski definition) is 3. The molecule has 0 saturated heterocycles. The molecule has 3 heteroatoms. The van der Waals surface area contributed by atoms with Crippen LogP contribution in [0.4, 0.5) is 11.4 Å². The summed E-state index contributed by atoms with van der Waals surface area (Å²) in [4.78, 5) is 7.43. The second kappa shape index (κ2) is 9.66. The van der Waals surface area contributed by atoms with Crippen LogP contribution in [0.15, 0.2) is 114 Å². The average Bonchev–Trinajstić information content (AvgIpc) is 3.33. The molecule has 4 aromatic rings. The first kappa shape index (κ1) is 25.3. The van der Waals surface area contributed by atoms with E-state index >= 15 is 0 Å². The van der Waals surface area contributed by atoms with E-state index in [1.807, 2.05) is 0 Å². The van der Waals surface area contributed by atoms with E-state index in [0.29, 0.717) is 6.61 Å². The van der Waals surface area contributed by atoms with Crippen LogP contribution >= 0.6 is 0 Å². The van der Waals surface area contributed by atoms with E-state index in [4.69, 9.17) is 9.73 Å². The number of rotatable bonds is 6. The van der Waals surface area contributed by atoms with Gasteiger partial charge in [-0.15, -0.1) is 0 Å². The van der Waals surface area contributed by atoms with Crippen LogP contribution < -0.4 is 4.90 Å². The lowest BCUT2D eigenvalue weighted by Gasteiger charge is -2.27. The molecular formula is C36H36N2O. The Morgan fingerprint density at radius 3 is 2.13 bits per heavy atom. The third-order valence-electron chi connectivity index (χ3n) is 8.42. The quantitative estimate of drug-likeness (QED) is 0.241. The predicted molar refractivity (Wildman–Crippen MR) is 167 cm³/mol. The van der Waals surface area contributed by atoms with Gasteiger partial charge in [0.2, 0.25) is 0 Å². The summed E-state index contributed by atoms with van der Waals surface area (Å²) in [7, 11) is 1.77. The predicted octanol–water partition coefficient (Wildman–Crippen LogP) is 8.80. The van der Waals surface area contributed by atoms with Gasteiger partial charge >= 0.3 is 0 Å². The first-order valence-electron chi connectivity index (χ1n) is 13.8. The molecule has 6 rings (SSSR count). The highest BCUT2D eigenvalue weighted by Crippen LogP contribution is 2.50. The minimum atomic E-state index is -0.147. The number of methoxy groups -OCH3 is 1. The first-order valence-corrected chi connectivity index (χ1v) is 13.8. The number of aliphatic imine (C=N–C) groups is 1. The van der Waals surface area contributed by atoms with Gasteiger partial charge in [0.25, 0.3) is 0 Å². The molecule has 0 radical (unpaired) electrons. The summed E-state index contributed by atoms with van der Waals surface area (Å²) in [5.74, 6) is 0. The maximum absolute atomic E-state index is 5.48. The molecule has 2 aliphatic heterocycles. The van der Waals surface area contributed by atoms with Crippen LogP contribution in [0.5, 0.6) is 0 Å². The summed E-state index contributed by atoms with van der Waals surface area (Å²) in [5, 5.41) is 5.16. The van der Waals surface area contributed by atoms with Crippen molar-refractivity contribution in [2.24, 2.45) is 4.99 Å². The third-order valence-corrected chi connectivity index (χ3v) is 8.42. The molecule has 0 N–H and O–H groups in total. The molecule has 3 nitrogen and oxygen atoms in total. The van der Waals surface area contributed by atoms with Gasteiger partial charge in [-0.2, -0.15) is 0 Å². The molecule has 0 aromatic heterocycles. The van der Waals surface area contributed by atoms with Crippen molar-refractivity contribution in [3.8, 4) is 0 Å². The Labute approximate surface area is 231 Å². The van der Waals surface area contributed by atoms with Gasteiger partial charge in [0, 0.05) is 35.9 Å². The molecule has 0 fully saturated rings. The summed E-state index contributed by atoms with van der Waals surface area (Å²) < 4.78 is 5.48. The van der Waals surface area contributed by atoms with E-state index in [1.165, 1.54) is 44.1 Å². The fourth-order valence-electron chi connectivity index (χ4n) is 6.47. The zero-order valence-electron chi connectivity index (χ0n) is 23.5. The summed E-state index contributed by atoms with van der Waals surface area (Å²) in [6.45, 7) is 10.7. The Morgan fingerprint density at radius 2 is 1.41 bits per heavy atom. The van der Waals surface area contributed by atoms with Crippen LogP contribution in [0.2, 0.25) is 0 Å². The van der Waals surface area contributed by atoms with E-state index in [0.717, 1.165) is 17.9 Å². The first-order chi connectivity index (χ1) is 18.8. The van der Waals surface area contributed by atoms with Crippen LogP contribution in [0.25, 0.3) is 21.5 Å². The van der Waals surface area contributed by atoms with Crippen LogP contribution in [0, 0.1) is 0 Å². The second-order valence-corrected chi connectivity index (χ2v) is 11.5. The van der Waals surface area contributed by atoms with Crippen LogP contribution in [0.3, 0.4) is 0 Å². The smallest absolute Gasteiger partial charge is 0.0681 e. The Balaban J connectivity index is 1.30. The highest BCUT2D eigenvalue weighted by molar-refractivity contribution is 6.12. The van der Waals surface area contributed by atoms with Gasteiger partial charge in [0.05, 0.1) is 18.0 Å². The number of hydrogen-bond donors (Lipinski definition) is 0. The minimum Gasteiger partial charge on any atom is -0.383 e. The third kappa shape index (κ3) is 4.13. The summed E-state index contributed by atoms with van der Waals surface area (Å²) in [6.07, 6.45) is 10.8. The molecule has 0 atom stereocenters. The van der Waals surface area contributed by atoms with Gasteiger partial charge in [-0.1, -0.05) is 107 Å². The molecule has 0 spiro atoms. The standard InChI is InChI=1S/C36H36N2O/c1-35(2)31(37-29-21-19-25-13-9-11-15-27(25)33(29)35)17-7-6-8-18-32-36(3,4)34-28-16-12-10-14-26(28)20-22-30(34)38(32)23-24-39-5/h6-22H,23-24H2,1-5H3/b8-6+,17-7+,32-18+. The topological polar surface area (TPSA) is 24.8 Å². The highest BCUT2D eigenvalue weighted by Gasteiger charge is 2.41. The molecule has 2 heterocycles. The fourth-order valence-corrected chi connectivity index (χ4v) is 6.47. The van der Waals surface area contributed by atoms with Crippen molar-refractivity contribution in [2.75, 3.05) is 25.2 Å². The molecular weight excluding hydrogens is 476 g/mol. The minimum absolute atomic E-state index is 0.127. The molecule has 196 valence electrons. The molecule has 0 amide bonds. The molecule has 4 aromatic carbocycles.